The van der Waals surface area contributed by atoms with Crippen LogP contribution in [-0.2, 0) is 9.47 Å². The maximum absolute atomic E-state index is 12.1. The molecule has 0 unspecified atom stereocenters. The molecule has 0 N–H and O–H groups in total. The van der Waals surface area contributed by atoms with Crippen LogP contribution in [0.15, 0.2) is 24.3 Å². The zero-order valence-corrected chi connectivity index (χ0v) is 13.3. The van der Waals surface area contributed by atoms with Gasteiger partial charge in [-0.1, -0.05) is 0 Å². The van der Waals surface area contributed by atoms with Gasteiger partial charge < -0.3 is 14.4 Å². The molecule has 5 heteroatoms. The minimum atomic E-state index is -0.536. The van der Waals surface area contributed by atoms with Crippen molar-refractivity contribution in [2.75, 3.05) is 27.3 Å². The lowest BCUT2D eigenvalue weighted by atomic mass is 10.1. The van der Waals surface area contributed by atoms with Crippen molar-refractivity contribution < 1.29 is 19.1 Å². The molecule has 1 rings (SSSR count). The third-order valence-corrected chi connectivity index (χ3v) is 2.74. The van der Waals surface area contributed by atoms with E-state index < -0.39 is 11.6 Å². The minimum absolute atomic E-state index is 0.109. The lowest BCUT2D eigenvalue weighted by molar-refractivity contribution is 0.00693. The van der Waals surface area contributed by atoms with Gasteiger partial charge in [-0.3, -0.25) is 4.79 Å². The van der Waals surface area contributed by atoms with Crippen LogP contribution in [-0.4, -0.2) is 49.7 Å². The first-order valence-corrected chi connectivity index (χ1v) is 6.82. The molecule has 21 heavy (non-hydrogen) atoms. The summed E-state index contributed by atoms with van der Waals surface area (Å²) in [7, 11) is 3.30. The molecule has 116 valence electrons. The third-order valence-electron chi connectivity index (χ3n) is 2.74. The van der Waals surface area contributed by atoms with E-state index in [9.17, 15) is 9.59 Å². The number of carbonyl (C=O) groups excluding carboxylic acids is 2. The standard InChI is InChI=1S/C16H23NO4/c1-16(2,3)21-15(19)13-8-6-12(7-9-13)14(18)17(4)10-11-20-5/h6-9H,10-11H2,1-5H3. The van der Waals surface area contributed by atoms with Gasteiger partial charge >= 0.3 is 5.97 Å². The molecule has 5 nitrogen and oxygen atoms in total. The summed E-state index contributed by atoms with van der Waals surface area (Å²) in [5.74, 6) is -0.503. The predicted octanol–water partition coefficient (Wildman–Crippen LogP) is 2.36. The maximum Gasteiger partial charge on any atom is 0.338 e. The molecule has 0 aliphatic carbocycles. The Bertz CT molecular complexity index is 488. The normalized spacial score (nSPS) is 11.1. The number of likely N-dealkylation sites (N-methyl/N-ethyl adjacent to an activating group) is 1. The summed E-state index contributed by atoms with van der Waals surface area (Å²) in [5.41, 5.74) is 0.424. The lowest BCUT2D eigenvalue weighted by Crippen LogP contribution is -2.30. The van der Waals surface area contributed by atoms with E-state index in [-0.39, 0.29) is 5.91 Å². The first kappa shape index (κ1) is 17.2. The van der Waals surface area contributed by atoms with Crippen molar-refractivity contribution >= 4 is 11.9 Å². The van der Waals surface area contributed by atoms with Crippen LogP contribution in [0.25, 0.3) is 0 Å². The zero-order valence-electron chi connectivity index (χ0n) is 13.3. The Morgan fingerprint density at radius 3 is 2.10 bits per heavy atom. The highest BCUT2D eigenvalue weighted by Crippen LogP contribution is 2.13. The molecule has 1 aromatic carbocycles. The van der Waals surface area contributed by atoms with Crippen molar-refractivity contribution in [1.82, 2.24) is 4.90 Å². The van der Waals surface area contributed by atoms with E-state index in [1.165, 1.54) is 0 Å². The molecular weight excluding hydrogens is 270 g/mol. The molecule has 0 saturated carbocycles. The monoisotopic (exact) mass is 293 g/mol. The van der Waals surface area contributed by atoms with Crippen molar-refractivity contribution in [3.8, 4) is 0 Å². The maximum atomic E-state index is 12.1. The second-order valence-corrected chi connectivity index (χ2v) is 5.80. The number of amides is 1. The molecule has 0 atom stereocenters. The van der Waals surface area contributed by atoms with Crippen molar-refractivity contribution in [2.45, 2.75) is 26.4 Å². The number of benzene rings is 1. The van der Waals surface area contributed by atoms with E-state index >= 15 is 0 Å². The van der Waals surface area contributed by atoms with Gasteiger partial charge in [0.15, 0.2) is 0 Å². The lowest BCUT2D eigenvalue weighted by Gasteiger charge is -2.20. The second-order valence-electron chi connectivity index (χ2n) is 5.80. The highest BCUT2D eigenvalue weighted by atomic mass is 16.6. The summed E-state index contributed by atoms with van der Waals surface area (Å²) in [4.78, 5) is 25.6. The number of hydrogen-bond acceptors (Lipinski definition) is 4. The van der Waals surface area contributed by atoms with Crippen LogP contribution in [0.2, 0.25) is 0 Å². The molecule has 0 saturated heterocycles. The first-order valence-electron chi connectivity index (χ1n) is 6.82. The molecular formula is C16H23NO4. The van der Waals surface area contributed by atoms with Gasteiger partial charge in [0.25, 0.3) is 5.91 Å². The zero-order chi connectivity index (χ0) is 16.0. The van der Waals surface area contributed by atoms with Crippen LogP contribution in [0.3, 0.4) is 0 Å². The molecule has 0 heterocycles. The summed E-state index contributed by atoms with van der Waals surface area (Å²) in [6.45, 7) is 6.44. The van der Waals surface area contributed by atoms with Crippen molar-refractivity contribution in [2.24, 2.45) is 0 Å². The fourth-order valence-corrected chi connectivity index (χ4v) is 1.64. The third kappa shape index (κ3) is 5.55. The topological polar surface area (TPSA) is 55.8 Å². The van der Waals surface area contributed by atoms with E-state index in [4.69, 9.17) is 9.47 Å². The van der Waals surface area contributed by atoms with Crippen LogP contribution in [0, 0.1) is 0 Å². The molecule has 0 radical (unpaired) electrons. The highest BCUT2D eigenvalue weighted by molar-refractivity contribution is 5.96. The van der Waals surface area contributed by atoms with Crippen molar-refractivity contribution in [1.29, 1.82) is 0 Å². The van der Waals surface area contributed by atoms with Gasteiger partial charge in [-0.15, -0.1) is 0 Å². The molecule has 0 aliphatic rings. The van der Waals surface area contributed by atoms with Gasteiger partial charge in [0.05, 0.1) is 12.2 Å². The van der Waals surface area contributed by atoms with E-state index in [1.807, 2.05) is 20.8 Å². The molecule has 0 bridgehead atoms. The van der Waals surface area contributed by atoms with Crippen molar-refractivity contribution in [3.63, 3.8) is 0 Å². The van der Waals surface area contributed by atoms with Gasteiger partial charge in [-0.25, -0.2) is 4.79 Å². The molecule has 0 aromatic heterocycles. The molecule has 0 spiro atoms. The average Bonchev–Trinajstić information content (AvgIpc) is 2.42. The number of rotatable bonds is 5. The van der Waals surface area contributed by atoms with Gasteiger partial charge in [-0.2, -0.15) is 0 Å². The number of nitrogens with zero attached hydrogens (tertiary/aromatic N) is 1. The van der Waals surface area contributed by atoms with Gasteiger partial charge in [0.2, 0.25) is 0 Å². The summed E-state index contributed by atoms with van der Waals surface area (Å²) in [5, 5.41) is 0. The molecule has 0 aliphatic heterocycles. The summed E-state index contributed by atoms with van der Waals surface area (Å²) in [6, 6.07) is 6.46. The van der Waals surface area contributed by atoms with Crippen LogP contribution in [0.4, 0.5) is 0 Å². The van der Waals surface area contributed by atoms with E-state index in [0.29, 0.717) is 24.3 Å². The van der Waals surface area contributed by atoms with Crippen LogP contribution >= 0.6 is 0 Å². The Morgan fingerprint density at radius 1 is 1.10 bits per heavy atom. The Hall–Kier alpha value is -1.88. The number of hydrogen-bond donors (Lipinski definition) is 0. The van der Waals surface area contributed by atoms with Gasteiger partial charge in [0.1, 0.15) is 5.60 Å². The predicted molar refractivity (Wildman–Crippen MR) is 80.4 cm³/mol. The summed E-state index contributed by atoms with van der Waals surface area (Å²) >= 11 is 0. The van der Waals surface area contributed by atoms with Gasteiger partial charge in [0, 0.05) is 26.3 Å². The largest absolute Gasteiger partial charge is 0.456 e. The molecule has 1 amide bonds. The second kappa shape index (κ2) is 7.22. The Morgan fingerprint density at radius 2 is 1.62 bits per heavy atom. The van der Waals surface area contributed by atoms with E-state index in [1.54, 1.807) is 43.3 Å². The highest BCUT2D eigenvalue weighted by Gasteiger charge is 2.18. The Kier molecular flexibility index (Phi) is 5.90. The van der Waals surface area contributed by atoms with E-state index in [0.717, 1.165) is 0 Å². The number of methoxy groups -OCH3 is 1. The SMILES string of the molecule is COCCN(C)C(=O)c1ccc(C(=O)OC(C)(C)C)cc1. The quantitative estimate of drug-likeness (QED) is 0.782. The van der Waals surface area contributed by atoms with Crippen LogP contribution in [0.1, 0.15) is 41.5 Å². The van der Waals surface area contributed by atoms with Crippen LogP contribution < -0.4 is 0 Å². The fraction of sp³-hybridized carbons (Fsp3) is 0.500. The number of carbonyl (C=O) groups is 2. The molecule has 0 fully saturated rings. The van der Waals surface area contributed by atoms with Gasteiger partial charge in [-0.05, 0) is 45.0 Å². The fourth-order valence-electron chi connectivity index (χ4n) is 1.64. The minimum Gasteiger partial charge on any atom is -0.456 e. The summed E-state index contributed by atoms with van der Waals surface area (Å²) < 4.78 is 10.2. The number of esters is 1. The first-order chi connectivity index (χ1) is 9.74. The average molecular weight is 293 g/mol. The summed E-state index contributed by atoms with van der Waals surface area (Å²) in [6.07, 6.45) is 0. The Labute approximate surface area is 125 Å². The Balaban J connectivity index is 2.73. The molecule has 1 aromatic rings. The number of ether oxygens (including phenoxy) is 2. The van der Waals surface area contributed by atoms with Crippen LogP contribution in [0.5, 0.6) is 0 Å². The van der Waals surface area contributed by atoms with Crippen molar-refractivity contribution in [3.05, 3.63) is 35.4 Å². The van der Waals surface area contributed by atoms with E-state index in [2.05, 4.69) is 0 Å². The smallest absolute Gasteiger partial charge is 0.338 e.